The lowest BCUT2D eigenvalue weighted by Gasteiger charge is -2.14. The third-order valence-corrected chi connectivity index (χ3v) is 7.22. The van der Waals surface area contributed by atoms with E-state index in [1.54, 1.807) is 24.9 Å². The van der Waals surface area contributed by atoms with Gasteiger partial charge in [-0.05, 0) is 52.9 Å². The zero-order valence-corrected chi connectivity index (χ0v) is 17.8. The van der Waals surface area contributed by atoms with Crippen LogP contribution in [-0.2, 0) is 11.8 Å². The SMILES string of the molecule is Cn1nnc(-c2c(F)cc(Cl)cc2-c2ccc3c(c2)SCC3CC(=O)C2(N)CC2)n1. The highest BCUT2D eigenvalue weighted by molar-refractivity contribution is 7.99. The number of fused-ring (bicyclic) bond motifs is 1. The molecule has 1 aliphatic carbocycles. The number of benzene rings is 2. The fourth-order valence-corrected chi connectivity index (χ4v) is 5.36. The van der Waals surface area contributed by atoms with Crippen LogP contribution in [-0.4, -0.2) is 37.3 Å². The molecule has 1 saturated carbocycles. The molecule has 0 amide bonds. The first-order valence-corrected chi connectivity index (χ1v) is 11.0. The monoisotopic (exact) mass is 443 g/mol. The molecular formula is C21H19ClFN5OS. The summed E-state index contributed by atoms with van der Waals surface area (Å²) in [5.74, 6) is 0.849. The molecule has 154 valence electrons. The van der Waals surface area contributed by atoms with Crippen molar-refractivity contribution >= 4 is 29.1 Å². The maximum absolute atomic E-state index is 14.8. The minimum atomic E-state index is -0.593. The zero-order chi connectivity index (χ0) is 21.0. The Hall–Kier alpha value is -2.29. The average Bonchev–Trinajstić information content (AvgIpc) is 3.13. The molecule has 1 unspecified atom stereocenters. The molecule has 3 aromatic rings. The summed E-state index contributed by atoms with van der Waals surface area (Å²) in [4.78, 5) is 14.8. The van der Waals surface area contributed by atoms with Crippen molar-refractivity contribution in [3.63, 3.8) is 0 Å². The van der Waals surface area contributed by atoms with Gasteiger partial charge in [0.1, 0.15) is 5.82 Å². The number of tetrazole rings is 1. The molecule has 0 spiro atoms. The Kier molecular flexibility index (Phi) is 4.68. The van der Waals surface area contributed by atoms with Gasteiger partial charge in [0, 0.05) is 28.0 Å². The molecule has 1 fully saturated rings. The van der Waals surface area contributed by atoms with Crippen molar-refractivity contribution in [1.29, 1.82) is 0 Å². The number of Topliss-reactive ketones (excluding diaryl/α,β-unsaturated/α-hetero) is 1. The van der Waals surface area contributed by atoms with Crippen molar-refractivity contribution in [3.05, 3.63) is 46.7 Å². The third kappa shape index (κ3) is 3.42. The van der Waals surface area contributed by atoms with Crippen LogP contribution in [0.25, 0.3) is 22.5 Å². The lowest BCUT2D eigenvalue weighted by molar-refractivity contribution is -0.121. The molecule has 1 aliphatic heterocycles. The largest absolute Gasteiger partial charge is 0.319 e. The van der Waals surface area contributed by atoms with Crippen LogP contribution in [0.4, 0.5) is 4.39 Å². The average molecular weight is 444 g/mol. The second kappa shape index (κ2) is 7.14. The van der Waals surface area contributed by atoms with Crippen LogP contribution < -0.4 is 5.73 Å². The number of carbonyl (C=O) groups excluding carboxylic acids is 1. The lowest BCUT2D eigenvalue weighted by Crippen LogP contribution is -2.33. The van der Waals surface area contributed by atoms with Gasteiger partial charge in [-0.15, -0.1) is 22.0 Å². The number of aromatic nitrogens is 4. The molecule has 1 atom stereocenters. The maximum atomic E-state index is 14.8. The Morgan fingerprint density at radius 3 is 2.87 bits per heavy atom. The predicted octanol–water partition coefficient (Wildman–Crippen LogP) is 3.98. The van der Waals surface area contributed by atoms with Gasteiger partial charge >= 0.3 is 0 Å². The van der Waals surface area contributed by atoms with Crippen molar-refractivity contribution in [1.82, 2.24) is 20.2 Å². The van der Waals surface area contributed by atoms with Crippen LogP contribution in [0.5, 0.6) is 0 Å². The molecule has 2 N–H and O–H groups in total. The Bertz CT molecular complexity index is 1180. The number of rotatable bonds is 5. The van der Waals surface area contributed by atoms with Crippen molar-refractivity contribution < 1.29 is 9.18 Å². The molecular weight excluding hydrogens is 425 g/mol. The molecule has 2 heterocycles. The minimum Gasteiger partial charge on any atom is -0.319 e. The summed E-state index contributed by atoms with van der Waals surface area (Å²) in [7, 11) is 1.63. The highest BCUT2D eigenvalue weighted by atomic mass is 35.5. The van der Waals surface area contributed by atoms with E-state index in [9.17, 15) is 9.18 Å². The summed E-state index contributed by atoms with van der Waals surface area (Å²) < 4.78 is 14.8. The van der Waals surface area contributed by atoms with E-state index in [0.717, 1.165) is 34.6 Å². The van der Waals surface area contributed by atoms with E-state index in [0.29, 0.717) is 17.0 Å². The first kappa shape index (κ1) is 19.7. The molecule has 9 heteroatoms. The van der Waals surface area contributed by atoms with Gasteiger partial charge < -0.3 is 5.73 Å². The van der Waals surface area contributed by atoms with Gasteiger partial charge in [-0.1, -0.05) is 23.7 Å². The number of nitrogens with zero attached hydrogens (tertiary/aromatic N) is 4. The normalized spacial score (nSPS) is 19.0. The van der Waals surface area contributed by atoms with Crippen molar-refractivity contribution in [3.8, 4) is 22.5 Å². The summed E-state index contributed by atoms with van der Waals surface area (Å²) in [6.07, 6.45) is 2.05. The van der Waals surface area contributed by atoms with Gasteiger partial charge in [-0.3, -0.25) is 4.79 Å². The Balaban J connectivity index is 1.52. The van der Waals surface area contributed by atoms with Gasteiger partial charge in [0.2, 0.25) is 5.82 Å². The van der Waals surface area contributed by atoms with Crippen LogP contribution in [0.3, 0.4) is 0 Å². The van der Waals surface area contributed by atoms with Crippen molar-refractivity contribution in [2.24, 2.45) is 12.8 Å². The van der Waals surface area contributed by atoms with E-state index in [1.807, 2.05) is 18.2 Å². The molecule has 30 heavy (non-hydrogen) atoms. The summed E-state index contributed by atoms with van der Waals surface area (Å²) >= 11 is 7.86. The van der Waals surface area contributed by atoms with Gasteiger partial charge in [0.05, 0.1) is 18.2 Å². The zero-order valence-electron chi connectivity index (χ0n) is 16.2. The molecule has 0 radical (unpaired) electrons. The number of aryl methyl sites for hydroxylation is 1. The fraction of sp³-hybridized carbons (Fsp3) is 0.333. The van der Waals surface area contributed by atoms with Crippen LogP contribution in [0.2, 0.25) is 5.02 Å². The van der Waals surface area contributed by atoms with E-state index in [2.05, 4.69) is 15.4 Å². The predicted molar refractivity (Wildman–Crippen MR) is 114 cm³/mol. The smallest absolute Gasteiger partial charge is 0.208 e. The van der Waals surface area contributed by atoms with Crippen LogP contribution >= 0.6 is 23.4 Å². The second-order valence-electron chi connectivity index (χ2n) is 7.96. The fourth-order valence-electron chi connectivity index (χ4n) is 3.87. The number of thioether (sulfide) groups is 1. The van der Waals surface area contributed by atoms with E-state index in [-0.39, 0.29) is 23.1 Å². The number of ketones is 1. The molecule has 6 nitrogen and oxygen atoms in total. The molecule has 2 aromatic carbocycles. The van der Waals surface area contributed by atoms with Gasteiger partial charge in [0.15, 0.2) is 5.78 Å². The Morgan fingerprint density at radius 2 is 2.17 bits per heavy atom. The van der Waals surface area contributed by atoms with Crippen molar-refractivity contribution in [2.45, 2.75) is 35.6 Å². The Labute approximate surface area is 182 Å². The number of hydrogen-bond acceptors (Lipinski definition) is 6. The highest BCUT2D eigenvalue weighted by Crippen LogP contribution is 2.46. The molecule has 1 aromatic heterocycles. The number of hydrogen-bond donors (Lipinski definition) is 1. The first-order chi connectivity index (χ1) is 14.3. The number of nitrogens with two attached hydrogens (primary N) is 1. The standard InChI is InChI=1S/C21H19ClFN5OS/c1-28-26-20(25-27-28)19-15(8-13(22)9-16(19)23)11-2-3-14-12(10-30-17(14)6-11)7-18(29)21(24)4-5-21/h2-3,6,8-9,12H,4-5,7,10,24H2,1H3. The Morgan fingerprint density at radius 1 is 1.37 bits per heavy atom. The van der Waals surface area contributed by atoms with E-state index >= 15 is 0 Å². The molecule has 2 aliphatic rings. The maximum Gasteiger partial charge on any atom is 0.208 e. The topological polar surface area (TPSA) is 86.7 Å². The highest BCUT2D eigenvalue weighted by Gasteiger charge is 2.46. The summed E-state index contributed by atoms with van der Waals surface area (Å²) in [5.41, 5.74) is 8.30. The molecule has 0 saturated heterocycles. The lowest BCUT2D eigenvalue weighted by atomic mass is 9.90. The summed E-state index contributed by atoms with van der Waals surface area (Å²) in [6.45, 7) is 0. The number of carbonyl (C=O) groups is 1. The quantitative estimate of drug-likeness (QED) is 0.641. The van der Waals surface area contributed by atoms with Crippen LogP contribution in [0, 0.1) is 5.82 Å². The van der Waals surface area contributed by atoms with Crippen LogP contribution in [0.15, 0.2) is 35.2 Å². The number of halogens is 2. The van der Waals surface area contributed by atoms with Gasteiger partial charge in [-0.25, -0.2) is 4.39 Å². The van der Waals surface area contributed by atoms with Crippen molar-refractivity contribution in [2.75, 3.05) is 5.75 Å². The van der Waals surface area contributed by atoms with Crippen LogP contribution in [0.1, 0.15) is 30.7 Å². The minimum absolute atomic E-state index is 0.151. The van der Waals surface area contributed by atoms with Gasteiger partial charge in [-0.2, -0.15) is 4.80 Å². The van der Waals surface area contributed by atoms with Gasteiger partial charge in [0.25, 0.3) is 0 Å². The van der Waals surface area contributed by atoms with E-state index in [4.69, 9.17) is 17.3 Å². The third-order valence-electron chi connectivity index (χ3n) is 5.77. The summed E-state index contributed by atoms with van der Waals surface area (Å²) in [5, 5.41) is 12.3. The summed E-state index contributed by atoms with van der Waals surface area (Å²) in [6, 6.07) is 8.93. The first-order valence-electron chi connectivity index (χ1n) is 9.67. The van der Waals surface area contributed by atoms with E-state index < -0.39 is 11.4 Å². The van der Waals surface area contributed by atoms with E-state index in [1.165, 1.54) is 10.9 Å². The molecule has 5 rings (SSSR count). The second-order valence-corrected chi connectivity index (χ2v) is 9.45. The molecule has 0 bridgehead atoms.